The number of benzene rings is 1. The van der Waals surface area contributed by atoms with Crippen molar-refractivity contribution in [2.45, 2.75) is 50.8 Å². The molecule has 3 rings (SSSR count). The predicted molar refractivity (Wildman–Crippen MR) is 93.7 cm³/mol. The van der Waals surface area contributed by atoms with E-state index in [1.165, 1.54) is 0 Å². The maximum absolute atomic E-state index is 12.8. The van der Waals surface area contributed by atoms with Gasteiger partial charge in [-0.25, -0.2) is 0 Å². The van der Waals surface area contributed by atoms with E-state index in [1.807, 2.05) is 18.2 Å². The highest BCUT2D eigenvalue weighted by Crippen LogP contribution is 2.33. The summed E-state index contributed by atoms with van der Waals surface area (Å²) in [5.41, 5.74) is 1.11. The van der Waals surface area contributed by atoms with Crippen molar-refractivity contribution < 1.29 is 9.53 Å². The van der Waals surface area contributed by atoms with Crippen molar-refractivity contribution in [1.29, 1.82) is 0 Å². The first-order valence-corrected chi connectivity index (χ1v) is 8.46. The van der Waals surface area contributed by atoms with Gasteiger partial charge in [0.2, 0.25) is 5.91 Å². The van der Waals surface area contributed by atoms with Crippen molar-refractivity contribution in [3.63, 3.8) is 0 Å². The van der Waals surface area contributed by atoms with E-state index in [0.717, 1.165) is 44.4 Å². The van der Waals surface area contributed by atoms with Gasteiger partial charge in [0, 0.05) is 18.7 Å². The molecule has 2 aliphatic rings. The lowest BCUT2D eigenvalue weighted by Crippen LogP contribution is -2.53. The second-order valence-corrected chi connectivity index (χ2v) is 6.45. The second kappa shape index (κ2) is 8.67. The van der Waals surface area contributed by atoms with Crippen LogP contribution in [-0.2, 0) is 9.53 Å². The molecule has 1 aromatic carbocycles. The van der Waals surface area contributed by atoms with E-state index in [-0.39, 0.29) is 36.4 Å². The largest absolute Gasteiger partial charge is 0.373 e. The average molecular weight is 339 g/mol. The number of hydrogen-bond acceptors (Lipinski definition) is 3. The van der Waals surface area contributed by atoms with E-state index >= 15 is 0 Å². The Kier molecular flexibility index (Phi) is 6.88. The molecule has 0 aromatic heterocycles. The normalized spacial score (nSPS) is 31.0. The zero-order valence-electron chi connectivity index (χ0n) is 13.7. The summed E-state index contributed by atoms with van der Waals surface area (Å²) in [7, 11) is 0. The molecule has 0 radical (unpaired) electrons. The molecule has 5 heteroatoms. The Morgan fingerprint density at radius 1 is 1.22 bits per heavy atom. The fourth-order valence-electron chi connectivity index (χ4n) is 3.55. The Morgan fingerprint density at radius 3 is 2.74 bits per heavy atom. The van der Waals surface area contributed by atoms with Crippen LogP contribution in [0.2, 0.25) is 0 Å². The van der Waals surface area contributed by atoms with E-state index in [2.05, 4.69) is 29.7 Å². The molecule has 2 aliphatic heterocycles. The Morgan fingerprint density at radius 2 is 2.00 bits per heavy atom. The summed E-state index contributed by atoms with van der Waals surface area (Å²) in [5.74, 6) is 0.0689. The molecule has 1 amide bonds. The van der Waals surface area contributed by atoms with Gasteiger partial charge in [-0.05, 0) is 44.7 Å². The number of hydrogen-bond donors (Lipinski definition) is 2. The highest BCUT2D eigenvalue weighted by molar-refractivity contribution is 5.85. The SMILES string of the molecule is CC1NCCCC1NC(=O)C1CCCOC1c1ccccc1.Cl. The van der Waals surface area contributed by atoms with Gasteiger partial charge in [0.05, 0.1) is 12.0 Å². The van der Waals surface area contributed by atoms with E-state index < -0.39 is 0 Å². The van der Waals surface area contributed by atoms with Gasteiger partial charge in [-0.1, -0.05) is 30.3 Å². The minimum absolute atomic E-state index is 0. The third kappa shape index (κ3) is 4.46. The highest BCUT2D eigenvalue weighted by atomic mass is 35.5. The molecule has 0 bridgehead atoms. The minimum atomic E-state index is -0.109. The lowest BCUT2D eigenvalue weighted by molar-refractivity contribution is -0.135. The van der Waals surface area contributed by atoms with Gasteiger partial charge in [-0.2, -0.15) is 0 Å². The Bertz CT molecular complexity index is 497. The number of halogens is 1. The van der Waals surface area contributed by atoms with Crippen molar-refractivity contribution in [1.82, 2.24) is 10.6 Å². The summed E-state index contributed by atoms with van der Waals surface area (Å²) in [5, 5.41) is 6.69. The molecule has 1 aromatic rings. The fraction of sp³-hybridized carbons (Fsp3) is 0.611. The average Bonchev–Trinajstić information content (AvgIpc) is 2.58. The van der Waals surface area contributed by atoms with Crippen molar-refractivity contribution in [2.24, 2.45) is 5.92 Å². The van der Waals surface area contributed by atoms with Gasteiger partial charge in [0.25, 0.3) is 0 Å². The van der Waals surface area contributed by atoms with Crippen LogP contribution in [0.25, 0.3) is 0 Å². The van der Waals surface area contributed by atoms with E-state index in [4.69, 9.17) is 4.74 Å². The van der Waals surface area contributed by atoms with Gasteiger partial charge in [-0.3, -0.25) is 4.79 Å². The molecule has 0 spiro atoms. The summed E-state index contributed by atoms with van der Waals surface area (Å²) in [6.45, 7) is 3.94. The highest BCUT2D eigenvalue weighted by Gasteiger charge is 2.34. The van der Waals surface area contributed by atoms with E-state index in [1.54, 1.807) is 0 Å². The quantitative estimate of drug-likeness (QED) is 0.891. The van der Waals surface area contributed by atoms with E-state index in [0.29, 0.717) is 6.04 Å². The molecule has 4 nitrogen and oxygen atoms in total. The Labute approximate surface area is 144 Å². The second-order valence-electron chi connectivity index (χ2n) is 6.45. The van der Waals surface area contributed by atoms with Crippen LogP contribution < -0.4 is 10.6 Å². The van der Waals surface area contributed by atoms with Crippen LogP contribution in [0.3, 0.4) is 0 Å². The zero-order chi connectivity index (χ0) is 15.4. The zero-order valence-corrected chi connectivity index (χ0v) is 14.5. The molecule has 4 atom stereocenters. The standard InChI is InChI=1S/C18H26N2O2.ClH/c1-13-16(10-5-11-19-13)20-18(21)15-9-6-12-22-17(15)14-7-3-2-4-8-14;/h2-4,7-8,13,15-17,19H,5-6,9-12H2,1H3,(H,20,21);1H. The minimum Gasteiger partial charge on any atom is -0.373 e. The smallest absolute Gasteiger partial charge is 0.226 e. The van der Waals surface area contributed by atoms with Gasteiger partial charge in [-0.15, -0.1) is 12.4 Å². The lowest BCUT2D eigenvalue weighted by Gasteiger charge is -2.35. The molecule has 2 saturated heterocycles. The van der Waals surface area contributed by atoms with Crippen LogP contribution in [0.15, 0.2) is 30.3 Å². The van der Waals surface area contributed by atoms with Crippen LogP contribution in [0.1, 0.15) is 44.3 Å². The van der Waals surface area contributed by atoms with Crippen molar-refractivity contribution in [3.05, 3.63) is 35.9 Å². The molecular formula is C18H27ClN2O2. The van der Waals surface area contributed by atoms with Gasteiger partial charge >= 0.3 is 0 Å². The van der Waals surface area contributed by atoms with Crippen LogP contribution in [0.5, 0.6) is 0 Å². The lowest BCUT2D eigenvalue weighted by atomic mass is 9.88. The van der Waals surface area contributed by atoms with Crippen LogP contribution in [0, 0.1) is 5.92 Å². The van der Waals surface area contributed by atoms with Gasteiger partial charge in [0.15, 0.2) is 0 Å². The number of nitrogens with one attached hydrogen (secondary N) is 2. The number of piperidine rings is 1. The summed E-state index contributed by atoms with van der Waals surface area (Å²) < 4.78 is 5.94. The Balaban J connectivity index is 0.00000192. The summed E-state index contributed by atoms with van der Waals surface area (Å²) in [6.07, 6.45) is 3.93. The molecule has 2 fully saturated rings. The molecule has 23 heavy (non-hydrogen) atoms. The molecular weight excluding hydrogens is 312 g/mol. The van der Waals surface area contributed by atoms with Crippen LogP contribution in [-0.4, -0.2) is 31.1 Å². The number of carbonyl (C=O) groups is 1. The van der Waals surface area contributed by atoms with Gasteiger partial charge < -0.3 is 15.4 Å². The third-order valence-corrected chi connectivity index (χ3v) is 4.88. The molecule has 4 unspecified atom stereocenters. The first-order chi connectivity index (χ1) is 10.8. The van der Waals surface area contributed by atoms with Crippen LogP contribution >= 0.6 is 12.4 Å². The van der Waals surface area contributed by atoms with Crippen LogP contribution in [0.4, 0.5) is 0 Å². The monoisotopic (exact) mass is 338 g/mol. The maximum atomic E-state index is 12.8. The van der Waals surface area contributed by atoms with E-state index in [9.17, 15) is 4.79 Å². The third-order valence-electron chi connectivity index (χ3n) is 4.88. The number of ether oxygens (including phenoxy) is 1. The number of carbonyl (C=O) groups excluding carboxylic acids is 1. The molecule has 128 valence electrons. The summed E-state index contributed by atoms with van der Waals surface area (Å²) in [4.78, 5) is 12.8. The van der Waals surface area contributed by atoms with Crippen molar-refractivity contribution in [3.8, 4) is 0 Å². The van der Waals surface area contributed by atoms with Crippen molar-refractivity contribution in [2.75, 3.05) is 13.2 Å². The van der Waals surface area contributed by atoms with Gasteiger partial charge in [0.1, 0.15) is 0 Å². The predicted octanol–water partition coefficient (Wildman–Crippen LogP) is 2.83. The molecule has 0 aliphatic carbocycles. The number of rotatable bonds is 3. The Hall–Kier alpha value is -1.10. The molecule has 0 saturated carbocycles. The fourth-order valence-corrected chi connectivity index (χ4v) is 3.55. The first kappa shape index (κ1) is 18.2. The molecule has 2 heterocycles. The topological polar surface area (TPSA) is 50.4 Å². The summed E-state index contributed by atoms with van der Waals surface area (Å²) >= 11 is 0. The summed E-state index contributed by atoms with van der Waals surface area (Å²) in [6, 6.07) is 10.7. The molecule has 2 N–H and O–H groups in total. The first-order valence-electron chi connectivity index (χ1n) is 8.46. The van der Waals surface area contributed by atoms with Crippen molar-refractivity contribution >= 4 is 18.3 Å². The maximum Gasteiger partial charge on any atom is 0.226 e. The number of amides is 1.